The van der Waals surface area contributed by atoms with Gasteiger partial charge in [-0.15, -0.1) is 10.2 Å². The van der Waals surface area contributed by atoms with Crippen molar-refractivity contribution in [2.75, 3.05) is 7.11 Å². The fourth-order valence-corrected chi connectivity index (χ4v) is 3.29. The second-order valence-electron chi connectivity index (χ2n) is 5.60. The molecule has 0 saturated carbocycles. The van der Waals surface area contributed by atoms with Crippen LogP contribution in [-0.2, 0) is 24.0 Å². The minimum absolute atomic E-state index is 0.321. The first-order chi connectivity index (χ1) is 12.2. The lowest BCUT2D eigenvalue weighted by Crippen LogP contribution is -2.01. The van der Waals surface area contributed by atoms with Crippen molar-refractivity contribution in [3.8, 4) is 0 Å². The molecule has 3 rings (SSSR count). The summed E-state index contributed by atoms with van der Waals surface area (Å²) in [5.74, 6) is 1.38. The SMILES string of the molecule is COC(=O)c1ccc(CSc2nnc(Cc3ccccc3)n2C)cc1. The molecule has 0 spiro atoms. The number of thioether (sulfide) groups is 1. The van der Waals surface area contributed by atoms with Crippen LogP contribution in [0.3, 0.4) is 0 Å². The van der Waals surface area contributed by atoms with E-state index < -0.39 is 0 Å². The highest BCUT2D eigenvalue weighted by atomic mass is 32.2. The smallest absolute Gasteiger partial charge is 0.337 e. The van der Waals surface area contributed by atoms with Gasteiger partial charge < -0.3 is 9.30 Å². The Morgan fingerprint density at radius 3 is 2.44 bits per heavy atom. The first kappa shape index (κ1) is 17.2. The molecular weight excluding hydrogens is 334 g/mol. The predicted molar refractivity (Wildman–Crippen MR) is 97.6 cm³/mol. The van der Waals surface area contributed by atoms with E-state index in [2.05, 4.69) is 22.3 Å². The predicted octanol–water partition coefficient (Wildman–Crippen LogP) is 3.48. The summed E-state index contributed by atoms with van der Waals surface area (Å²) >= 11 is 1.62. The minimum atomic E-state index is -0.321. The van der Waals surface area contributed by atoms with Crippen LogP contribution in [0.15, 0.2) is 59.8 Å². The van der Waals surface area contributed by atoms with Gasteiger partial charge in [0.15, 0.2) is 5.16 Å². The molecule has 25 heavy (non-hydrogen) atoms. The van der Waals surface area contributed by atoms with Crippen molar-refractivity contribution < 1.29 is 9.53 Å². The van der Waals surface area contributed by atoms with Crippen LogP contribution >= 0.6 is 11.8 Å². The molecule has 0 bridgehead atoms. The lowest BCUT2D eigenvalue weighted by molar-refractivity contribution is 0.0600. The van der Waals surface area contributed by atoms with Crippen molar-refractivity contribution in [2.24, 2.45) is 7.05 Å². The summed E-state index contributed by atoms with van der Waals surface area (Å²) in [6.45, 7) is 0. The van der Waals surface area contributed by atoms with Crippen LogP contribution in [0.25, 0.3) is 0 Å². The van der Waals surface area contributed by atoms with Crippen LogP contribution in [-0.4, -0.2) is 27.8 Å². The van der Waals surface area contributed by atoms with E-state index in [0.717, 1.165) is 28.7 Å². The molecule has 0 atom stereocenters. The third-order valence-corrected chi connectivity index (χ3v) is 4.96. The maximum atomic E-state index is 11.5. The van der Waals surface area contributed by atoms with Crippen LogP contribution in [0.1, 0.15) is 27.3 Å². The van der Waals surface area contributed by atoms with Gasteiger partial charge >= 0.3 is 5.97 Å². The van der Waals surface area contributed by atoms with Gasteiger partial charge in [0.1, 0.15) is 5.82 Å². The van der Waals surface area contributed by atoms with Crippen LogP contribution in [0.4, 0.5) is 0 Å². The molecule has 0 N–H and O–H groups in total. The zero-order chi connectivity index (χ0) is 17.6. The Bertz CT molecular complexity index is 845. The Kier molecular flexibility index (Phi) is 5.50. The Labute approximate surface area is 151 Å². The van der Waals surface area contributed by atoms with Crippen molar-refractivity contribution in [3.05, 3.63) is 77.1 Å². The van der Waals surface area contributed by atoms with E-state index in [4.69, 9.17) is 4.74 Å². The number of hydrogen-bond acceptors (Lipinski definition) is 5. The number of benzene rings is 2. The van der Waals surface area contributed by atoms with Crippen molar-refractivity contribution in [2.45, 2.75) is 17.3 Å². The third kappa shape index (κ3) is 4.28. The molecule has 0 aliphatic heterocycles. The van der Waals surface area contributed by atoms with Crippen molar-refractivity contribution in [1.82, 2.24) is 14.8 Å². The number of ether oxygens (including phenoxy) is 1. The summed E-state index contributed by atoms with van der Waals surface area (Å²) in [4.78, 5) is 11.5. The van der Waals surface area contributed by atoms with E-state index in [0.29, 0.717) is 5.56 Å². The van der Waals surface area contributed by atoms with E-state index >= 15 is 0 Å². The summed E-state index contributed by atoms with van der Waals surface area (Å²) in [6.07, 6.45) is 0.763. The van der Waals surface area contributed by atoms with E-state index in [9.17, 15) is 4.79 Å². The maximum absolute atomic E-state index is 11.5. The van der Waals surface area contributed by atoms with Crippen molar-refractivity contribution >= 4 is 17.7 Å². The molecule has 0 aliphatic rings. The zero-order valence-electron chi connectivity index (χ0n) is 14.2. The molecule has 0 unspecified atom stereocenters. The molecule has 0 fully saturated rings. The third-order valence-electron chi connectivity index (χ3n) is 3.87. The topological polar surface area (TPSA) is 57.0 Å². The first-order valence-electron chi connectivity index (χ1n) is 7.89. The Hall–Kier alpha value is -2.60. The van der Waals surface area contributed by atoms with Gasteiger partial charge in [0.2, 0.25) is 0 Å². The largest absolute Gasteiger partial charge is 0.465 e. The number of carbonyl (C=O) groups is 1. The van der Waals surface area contributed by atoms with Gasteiger partial charge in [-0.25, -0.2) is 4.79 Å². The van der Waals surface area contributed by atoms with E-state index in [1.807, 2.05) is 41.9 Å². The van der Waals surface area contributed by atoms with E-state index in [1.165, 1.54) is 12.7 Å². The van der Waals surface area contributed by atoms with Gasteiger partial charge in [0, 0.05) is 19.2 Å². The average Bonchev–Trinajstić information content (AvgIpc) is 3.00. The molecule has 1 aromatic heterocycles. The fourth-order valence-electron chi connectivity index (χ4n) is 2.41. The van der Waals surface area contributed by atoms with Crippen LogP contribution in [0, 0.1) is 0 Å². The van der Waals surface area contributed by atoms with Crippen LogP contribution in [0.2, 0.25) is 0 Å². The molecule has 6 heteroatoms. The molecule has 1 heterocycles. The van der Waals surface area contributed by atoms with Crippen molar-refractivity contribution in [3.63, 3.8) is 0 Å². The Morgan fingerprint density at radius 2 is 1.76 bits per heavy atom. The molecular formula is C19H19N3O2S. The molecule has 128 valence electrons. The molecule has 3 aromatic rings. The molecule has 0 aliphatic carbocycles. The normalized spacial score (nSPS) is 10.6. The molecule has 0 saturated heterocycles. The fraction of sp³-hybridized carbons (Fsp3) is 0.211. The van der Waals surface area contributed by atoms with Crippen LogP contribution in [0.5, 0.6) is 0 Å². The van der Waals surface area contributed by atoms with Gasteiger partial charge in [-0.3, -0.25) is 0 Å². The summed E-state index contributed by atoms with van der Waals surface area (Å²) in [6, 6.07) is 17.7. The van der Waals surface area contributed by atoms with Gasteiger partial charge in [-0.2, -0.15) is 0 Å². The highest BCUT2D eigenvalue weighted by Gasteiger charge is 2.10. The average molecular weight is 353 g/mol. The summed E-state index contributed by atoms with van der Waals surface area (Å²) in [7, 11) is 3.37. The lowest BCUT2D eigenvalue weighted by atomic mass is 10.1. The lowest BCUT2D eigenvalue weighted by Gasteiger charge is -2.05. The van der Waals surface area contributed by atoms with E-state index in [1.54, 1.807) is 23.9 Å². The monoisotopic (exact) mass is 353 g/mol. The molecule has 0 radical (unpaired) electrons. The number of rotatable bonds is 6. The van der Waals surface area contributed by atoms with Gasteiger partial charge in [-0.1, -0.05) is 54.2 Å². The van der Waals surface area contributed by atoms with Gasteiger partial charge in [-0.05, 0) is 23.3 Å². The Morgan fingerprint density at radius 1 is 1.04 bits per heavy atom. The molecule has 2 aromatic carbocycles. The second kappa shape index (κ2) is 7.98. The quantitative estimate of drug-likeness (QED) is 0.501. The van der Waals surface area contributed by atoms with Crippen molar-refractivity contribution in [1.29, 1.82) is 0 Å². The summed E-state index contributed by atoms with van der Waals surface area (Å²) in [5, 5.41) is 9.47. The highest BCUT2D eigenvalue weighted by molar-refractivity contribution is 7.98. The first-order valence-corrected chi connectivity index (χ1v) is 8.88. The van der Waals surface area contributed by atoms with Gasteiger partial charge in [0.05, 0.1) is 12.7 Å². The summed E-state index contributed by atoms with van der Waals surface area (Å²) < 4.78 is 6.74. The van der Waals surface area contributed by atoms with Crippen LogP contribution < -0.4 is 0 Å². The van der Waals surface area contributed by atoms with E-state index in [-0.39, 0.29) is 5.97 Å². The number of aromatic nitrogens is 3. The number of nitrogens with zero attached hydrogens (tertiary/aromatic N) is 3. The Balaban J connectivity index is 1.63. The van der Waals surface area contributed by atoms with Gasteiger partial charge in [0.25, 0.3) is 0 Å². The maximum Gasteiger partial charge on any atom is 0.337 e. The summed E-state index contributed by atoms with van der Waals surface area (Å²) in [5.41, 5.74) is 2.89. The number of hydrogen-bond donors (Lipinski definition) is 0. The second-order valence-corrected chi connectivity index (χ2v) is 6.54. The molecule has 0 amide bonds. The number of methoxy groups -OCH3 is 1. The zero-order valence-corrected chi connectivity index (χ0v) is 15.0. The number of carbonyl (C=O) groups excluding carboxylic acids is 1. The molecule has 5 nitrogen and oxygen atoms in total. The highest BCUT2D eigenvalue weighted by Crippen LogP contribution is 2.22. The number of esters is 1. The standard InChI is InChI=1S/C19H19N3O2S/c1-22-17(12-14-6-4-3-5-7-14)20-21-19(22)25-13-15-8-10-16(11-9-15)18(23)24-2/h3-11H,12-13H2,1-2H3. The minimum Gasteiger partial charge on any atom is -0.465 e.